The van der Waals surface area contributed by atoms with Crippen LogP contribution in [-0.4, -0.2) is 59.0 Å². The number of likely N-dealkylation sites (N-methyl/N-ethyl adjacent to an activating group) is 1. The summed E-state index contributed by atoms with van der Waals surface area (Å²) in [5, 5.41) is 14.8. The minimum absolute atomic E-state index is 0.0203. The first kappa shape index (κ1) is 13.5. The molecule has 0 bridgehead atoms. The lowest BCUT2D eigenvalue weighted by Crippen LogP contribution is -2.34. The number of nitrogens with two attached hydrogens (primary N) is 1. The Kier molecular flexibility index (Phi) is 5.44. The maximum absolute atomic E-state index is 12.0. The molecule has 17 heavy (non-hydrogen) atoms. The Morgan fingerprint density at radius 2 is 2.41 bits per heavy atom. The molecule has 7 nitrogen and oxygen atoms in total. The van der Waals surface area contributed by atoms with Crippen molar-refractivity contribution in [3.05, 3.63) is 11.9 Å². The van der Waals surface area contributed by atoms with Gasteiger partial charge in [0.15, 0.2) is 0 Å². The van der Waals surface area contributed by atoms with Crippen LogP contribution in [-0.2, 0) is 4.74 Å². The molecule has 0 aliphatic carbocycles. The van der Waals surface area contributed by atoms with Gasteiger partial charge in [-0.1, -0.05) is 0 Å². The molecule has 1 aromatic rings. The zero-order valence-electron chi connectivity index (χ0n) is 9.85. The number of carbonyl (C=O) groups is 1. The predicted octanol–water partition coefficient (Wildman–Crippen LogP) is -0.537. The molecule has 1 amide bonds. The van der Waals surface area contributed by atoms with E-state index in [1.165, 1.54) is 6.20 Å². The van der Waals surface area contributed by atoms with Gasteiger partial charge in [0.25, 0.3) is 5.91 Å². The fourth-order valence-corrected chi connectivity index (χ4v) is 1.37. The molecule has 1 aromatic heterocycles. The second-order valence-electron chi connectivity index (χ2n) is 3.42. The molecule has 0 aromatic carbocycles. The monoisotopic (exact) mass is 242 g/mol. The van der Waals surface area contributed by atoms with E-state index in [1.807, 2.05) is 6.92 Å². The van der Waals surface area contributed by atoms with Gasteiger partial charge in [0, 0.05) is 13.1 Å². The maximum Gasteiger partial charge on any atom is 0.274 e. The highest BCUT2D eigenvalue weighted by Crippen LogP contribution is 2.09. The van der Waals surface area contributed by atoms with E-state index in [-0.39, 0.29) is 19.1 Å². The van der Waals surface area contributed by atoms with E-state index in [9.17, 15) is 4.79 Å². The Hall–Kier alpha value is -1.60. The lowest BCUT2D eigenvalue weighted by molar-refractivity contribution is 0.0575. The summed E-state index contributed by atoms with van der Waals surface area (Å²) in [7, 11) is 0. The summed E-state index contributed by atoms with van der Waals surface area (Å²) in [5.74, 6) is -0.199. The van der Waals surface area contributed by atoms with Crippen LogP contribution in [0.5, 0.6) is 0 Å². The molecule has 96 valence electrons. The number of nitrogens with one attached hydrogen (secondary N) is 1. The van der Waals surface area contributed by atoms with Crippen LogP contribution < -0.4 is 5.73 Å². The number of hydrogen-bond donors (Lipinski definition) is 3. The van der Waals surface area contributed by atoms with Crippen LogP contribution >= 0.6 is 0 Å². The van der Waals surface area contributed by atoms with Crippen LogP contribution in [0.15, 0.2) is 6.20 Å². The summed E-state index contributed by atoms with van der Waals surface area (Å²) >= 11 is 0. The van der Waals surface area contributed by atoms with Gasteiger partial charge in [-0.05, 0) is 6.92 Å². The van der Waals surface area contributed by atoms with Crippen molar-refractivity contribution >= 4 is 11.6 Å². The molecule has 1 rings (SSSR count). The summed E-state index contributed by atoms with van der Waals surface area (Å²) in [5.41, 5.74) is 6.24. The highest BCUT2D eigenvalue weighted by atomic mass is 16.5. The lowest BCUT2D eigenvalue weighted by atomic mass is 10.3. The molecule has 7 heteroatoms. The molecule has 0 atom stereocenters. The van der Waals surface area contributed by atoms with E-state index in [0.29, 0.717) is 31.1 Å². The van der Waals surface area contributed by atoms with Crippen molar-refractivity contribution < 1.29 is 14.6 Å². The molecule has 0 radical (unpaired) electrons. The summed E-state index contributed by atoms with van der Waals surface area (Å²) in [6, 6.07) is 0. The molecule has 0 aliphatic heterocycles. The SMILES string of the molecule is CCN(CCOCCO)C(=O)c1[nH]ncc1N. The summed E-state index contributed by atoms with van der Waals surface area (Å²) in [4.78, 5) is 13.6. The van der Waals surface area contributed by atoms with E-state index >= 15 is 0 Å². The topological polar surface area (TPSA) is 104 Å². The fourth-order valence-electron chi connectivity index (χ4n) is 1.37. The minimum Gasteiger partial charge on any atom is -0.396 e. The van der Waals surface area contributed by atoms with Crippen LogP contribution in [0, 0.1) is 0 Å². The average molecular weight is 242 g/mol. The van der Waals surface area contributed by atoms with Crippen molar-refractivity contribution in [1.82, 2.24) is 15.1 Å². The molecule has 0 spiro atoms. The van der Waals surface area contributed by atoms with Gasteiger partial charge in [0.1, 0.15) is 5.69 Å². The third-order valence-electron chi connectivity index (χ3n) is 2.29. The van der Waals surface area contributed by atoms with Gasteiger partial charge in [-0.3, -0.25) is 9.89 Å². The maximum atomic E-state index is 12.0. The zero-order chi connectivity index (χ0) is 12.7. The van der Waals surface area contributed by atoms with E-state index < -0.39 is 0 Å². The third-order valence-corrected chi connectivity index (χ3v) is 2.29. The molecule has 0 unspecified atom stereocenters. The van der Waals surface area contributed by atoms with Crippen LogP contribution in [0.1, 0.15) is 17.4 Å². The highest BCUT2D eigenvalue weighted by Gasteiger charge is 2.17. The van der Waals surface area contributed by atoms with Crippen molar-refractivity contribution in [1.29, 1.82) is 0 Å². The number of H-pyrrole nitrogens is 1. The average Bonchev–Trinajstić information content (AvgIpc) is 2.75. The molecule has 4 N–H and O–H groups in total. The van der Waals surface area contributed by atoms with Crippen molar-refractivity contribution in [2.75, 3.05) is 38.6 Å². The number of rotatable bonds is 7. The third kappa shape index (κ3) is 3.72. The zero-order valence-corrected chi connectivity index (χ0v) is 9.85. The van der Waals surface area contributed by atoms with Crippen molar-refractivity contribution in [3.8, 4) is 0 Å². The molecule has 0 aliphatic rings. The molecular weight excluding hydrogens is 224 g/mol. The van der Waals surface area contributed by atoms with Gasteiger partial charge in [0.05, 0.1) is 31.7 Å². The second kappa shape index (κ2) is 6.87. The Bertz CT molecular complexity index is 353. The summed E-state index contributed by atoms with van der Waals surface area (Å²) in [6.07, 6.45) is 1.41. The molecule has 0 fully saturated rings. The Morgan fingerprint density at radius 1 is 1.65 bits per heavy atom. The minimum atomic E-state index is -0.199. The van der Waals surface area contributed by atoms with Crippen molar-refractivity contribution in [2.24, 2.45) is 0 Å². The van der Waals surface area contributed by atoms with Gasteiger partial charge in [0.2, 0.25) is 0 Å². The first-order valence-electron chi connectivity index (χ1n) is 5.47. The summed E-state index contributed by atoms with van der Waals surface area (Å²) in [6.45, 7) is 3.52. The molecule has 0 saturated carbocycles. The van der Waals surface area contributed by atoms with E-state index in [2.05, 4.69) is 10.2 Å². The number of carbonyl (C=O) groups excluding carboxylic acids is 1. The van der Waals surface area contributed by atoms with Gasteiger partial charge >= 0.3 is 0 Å². The number of anilines is 1. The van der Waals surface area contributed by atoms with Gasteiger partial charge in [-0.25, -0.2) is 0 Å². The van der Waals surface area contributed by atoms with Gasteiger partial charge < -0.3 is 20.5 Å². The van der Waals surface area contributed by atoms with E-state index in [0.717, 1.165) is 0 Å². The Labute approximate surface area is 99.6 Å². The molecular formula is C10H18N4O3. The van der Waals surface area contributed by atoms with E-state index in [1.54, 1.807) is 4.90 Å². The highest BCUT2D eigenvalue weighted by molar-refractivity contribution is 5.96. The second-order valence-corrected chi connectivity index (χ2v) is 3.42. The number of nitrogen functional groups attached to an aromatic ring is 1. The van der Waals surface area contributed by atoms with Crippen molar-refractivity contribution in [3.63, 3.8) is 0 Å². The number of nitrogens with zero attached hydrogens (tertiary/aromatic N) is 2. The van der Waals surface area contributed by atoms with Gasteiger partial charge in [-0.2, -0.15) is 5.10 Å². The van der Waals surface area contributed by atoms with Crippen LogP contribution in [0.2, 0.25) is 0 Å². The number of aliphatic hydroxyl groups is 1. The number of amides is 1. The number of aromatic nitrogens is 2. The Morgan fingerprint density at radius 3 is 2.94 bits per heavy atom. The van der Waals surface area contributed by atoms with Gasteiger partial charge in [-0.15, -0.1) is 0 Å². The lowest BCUT2D eigenvalue weighted by Gasteiger charge is -2.20. The van der Waals surface area contributed by atoms with Crippen molar-refractivity contribution in [2.45, 2.75) is 6.92 Å². The first-order chi connectivity index (χ1) is 8.20. The molecule has 0 saturated heterocycles. The number of aromatic amines is 1. The van der Waals surface area contributed by atoms with Crippen LogP contribution in [0.25, 0.3) is 0 Å². The standard InChI is InChI=1S/C10H18N4O3/c1-2-14(3-5-17-6-4-15)10(16)9-8(11)7-12-13-9/h7,15H,2-6,11H2,1H3,(H,12,13). The Balaban J connectivity index is 2.50. The normalized spacial score (nSPS) is 10.5. The number of ether oxygens (including phenoxy) is 1. The quantitative estimate of drug-likeness (QED) is 0.557. The fraction of sp³-hybridized carbons (Fsp3) is 0.600. The van der Waals surface area contributed by atoms with E-state index in [4.69, 9.17) is 15.6 Å². The smallest absolute Gasteiger partial charge is 0.274 e. The largest absolute Gasteiger partial charge is 0.396 e. The summed E-state index contributed by atoms with van der Waals surface area (Å²) < 4.78 is 5.11. The molecule has 1 heterocycles. The first-order valence-corrected chi connectivity index (χ1v) is 5.47. The van der Waals surface area contributed by atoms with Crippen LogP contribution in [0.3, 0.4) is 0 Å². The predicted molar refractivity (Wildman–Crippen MR) is 62.5 cm³/mol. The van der Waals surface area contributed by atoms with Crippen LogP contribution in [0.4, 0.5) is 5.69 Å². The number of hydrogen-bond acceptors (Lipinski definition) is 5. The number of aliphatic hydroxyl groups excluding tert-OH is 1.